The molecule has 1 aliphatic rings. The molecule has 7 nitrogen and oxygen atoms in total. The third-order valence-corrected chi connectivity index (χ3v) is 4.40. The highest BCUT2D eigenvalue weighted by Gasteiger charge is 2.24. The first-order chi connectivity index (χ1) is 11.0. The molecule has 1 amide bonds. The molecule has 0 bridgehead atoms. The summed E-state index contributed by atoms with van der Waals surface area (Å²) in [5.74, 6) is -0.316. The lowest BCUT2D eigenvalue weighted by Crippen LogP contribution is -2.19. The number of methoxy groups -OCH3 is 2. The number of amides is 1. The molecule has 1 heterocycles. The predicted octanol–water partition coefficient (Wildman–Crippen LogP) is 1.91. The third-order valence-electron chi connectivity index (χ3n) is 2.65. The highest BCUT2D eigenvalue weighted by Crippen LogP contribution is 2.25. The maximum atomic E-state index is 11.7. The van der Waals surface area contributed by atoms with Crippen molar-refractivity contribution in [1.29, 1.82) is 0 Å². The summed E-state index contributed by atoms with van der Waals surface area (Å²) in [6.07, 6.45) is 2.64. The van der Waals surface area contributed by atoms with Crippen LogP contribution in [0.15, 0.2) is 39.4 Å². The summed E-state index contributed by atoms with van der Waals surface area (Å²) in [5.41, 5.74) is 0.767. The van der Waals surface area contributed by atoms with E-state index in [1.165, 1.54) is 13.3 Å². The Morgan fingerprint density at radius 2 is 2.17 bits per heavy atom. The van der Waals surface area contributed by atoms with Crippen LogP contribution in [0.3, 0.4) is 0 Å². The van der Waals surface area contributed by atoms with Crippen molar-refractivity contribution in [1.82, 2.24) is 5.32 Å². The van der Waals surface area contributed by atoms with Crippen LogP contribution in [0.4, 0.5) is 0 Å². The lowest BCUT2D eigenvalue weighted by molar-refractivity contribution is -0.135. The smallest absolute Gasteiger partial charge is 0.331 e. The summed E-state index contributed by atoms with van der Waals surface area (Å²) in [5, 5.41) is 10.7. The molecule has 1 saturated heterocycles. The van der Waals surface area contributed by atoms with Gasteiger partial charge >= 0.3 is 5.97 Å². The van der Waals surface area contributed by atoms with Gasteiger partial charge in [0.15, 0.2) is 5.17 Å². The maximum absolute atomic E-state index is 11.7. The minimum atomic E-state index is -0.601. The van der Waals surface area contributed by atoms with Gasteiger partial charge in [-0.2, -0.15) is 5.10 Å². The molecule has 1 N–H and O–H groups in total. The van der Waals surface area contributed by atoms with Gasteiger partial charge in [-0.3, -0.25) is 10.1 Å². The fourth-order valence-corrected chi connectivity index (χ4v) is 3.11. The Hall–Kier alpha value is -1.88. The number of carbonyl (C=O) groups excluding carboxylic acids is 2. The molecule has 0 spiro atoms. The number of rotatable bonds is 4. The molecule has 2 rings (SSSR count). The number of benzene rings is 1. The van der Waals surface area contributed by atoms with Gasteiger partial charge in [0.1, 0.15) is 5.75 Å². The zero-order chi connectivity index (χ0) is 16.8. The summed E-state index contributed by atoms with van der Waals surface area (Å²) in [6, 6.07) is 5.63. The number of hydrogen-bond donors (Lipinski definition) is 1. The summed E-state index contributed by atoms with van der Waals surface area (Å²) in [6.45, 7) is 0. The van der Waals surface area contributed by atoms with Crippen LogP contribution in [-0.4, -0.2) is 37.5 Å². The Bertz CT molecular complexity index is 731. The number of ether oxygens (including phenoxy) is 2. The van der Waals surface area contributed by atoms with Crippen LogP contribution in [0, 0.1) is 3.57 Å². The van der Waals surface area contributed by atoms with E-state index in [1.807, 2.05) is 18.2 Å². The lowest BCUT2D eigenvalue weighted by Gasteiger charge is -2.05. The number of nitrogens with zero attached hydrogens (tertiary/aromatic N) is 2. The van der Waals surface area contributed by atoms with Gasteiger partial charge in [0.05, 0.1) is 28.9 Å². The zero-order valence-corrected chi connectivity index (χ0v) is 15.2. The predicted molar refractivity (Wildman–Crippen MR) is 96.6 cm³/mol. The molecule has 0 unspecified atom stereocenters. The molecule has 1 aromatic carbocycles. The first kappa shape index (κ1) is 17.5. The maximum Gasteiger partial charge on any atom is 0.331 e. The van der Waals surface area contributed by atoms with E-state index >= 15 is 0 Å². The van der Waals surface area contributed by atoms with Crippen molar-refractivity contribution >= 4 is 57.6 Å². The first-order valence-corrected chi connectivity index (χ1v) is 8.17. The summed E-state index contributed by atoms with van der Waals surface area (Å²) < 4.78 is 10.7. The van der Waals surface area contributed by atoms with Crippen molar-refractivity contribution in [2.24, 2.45) is 10.2 Å². The van der Waals surface area contributed by atoms with Crippen molar-refractivity contribution in [2.45, 2.75) is 0 Å². The molecule has 0 atom stereocenters. The van der Waals surface area contributed by atoms with Gasteiger partial charge in [-0.05, 0) is 46.5 Å². The molecule has 0 radical (unpaired) electrons. The van der Waals surface area contributed by atoms with E-state index in [4.69, 9.17) is 4.74 Å². The molecule has 0 aliphatic carbocycles. The van der Waals surface area contributed by atoms with E-state index in [9.17, 15) is 9.59 Å². The standard InChI is InChI=1S/C14H12IN3O4S/c1-21-11(19)6-10-13(20)17-14(23-10)18-16-7-8-4-3-5-9(15)12(8)22-2/h3-7H,1-2H3,(H,17,18,20)/b10-6+,16-7?. The molecule has 0 aromatic heterocycles. The molecule has 1 aliphatic heterocycles. The van der Waals surface area contributed by atoms with E-state index in [1.54, 1.807) is 7.11 Å². The van der Waals surface area contributed by atoms with Crippen molar-refractivity contribution in [2.75, 3.05) is 14.2 Å². The van der Waals surface area contributed by atoms with E-state index < -0.39 is 11.9 Å². The van der Waals surface area contributed by atoms with Gasteiger partial charge in [0, 0.05) is 11.6 Å². The van der Waals surface area contributed by atoms with E-state index in [-0.39, 0.29) is 10.1 Å². The molecule has 120 valence electrons. The monoisotopic (exact) mass is 445 g/mol. The highest BCUT2D eigenvalue weighted by molar-refractivity contribution is 14.1. The quantitative estimate of drug-likeness (QED) is 0.252. The molecule has 0 saturated carbocycles. The Morgan fingerprint density at radius 3 is 2.87 bits per heavy atom. The highest BCUT2D eigenvalue weighted by atomic mass is 127. The number of nitrogens with one attached hydrogen (secondary N) is 1. The molecule has 1 aromatic rings. The molecule has 9 heteroatoms. The second kappa shape index (κ2) is 8.11. The minimum absolute atomic E-state index is 0.206. The van der Waals surface area contributed by atoms with Crippen LogP contribution in [0.1, 0.15) is 5.56 Å². The van der Waals surface area contributed by atoms with Crippen LogP contribution in [0.25, 0.3) is 0 Å². The van der Waals surface area contributed by atoms with Gasteiger partial charge in [0.2, 0.25) is 0 Å². The largest absolute Gasteiger partial charge is 0.495 e. The summed E-state index contributed by atoms with van der Waals surface area (Å²) in [4.78, 5) is 23.0. The third kappa shape index (κ3) is 4.55. The van der Waals surface area contributed by atoms with Gasteiger partial charge in [-0.25, -0.2) is 4.79 Å². The van der Waals surface area contributed by atoms with Gasteiger partial charge < -0.3 is 9.47 Å². The van der Waals surface area contributed by atoms with Crippen LogP contribution < -0.4 is 10.1 Å². The second-order valence-electron chi connectivity index (χ2n) is 4.10. The molecule has 23 heavy (non-hydrogen) atoms. The van der Waals surface area contributed by atoms with Crippen LogP contribution in [0.2, 0.25) is 0 Å². The van der Waals surface area contributed by atoms with Gasteiger partial charge in [0.25, 0.3) is 5.91 Å². The number of carbonyl (C=O) groups is 2. The fourth-order valence-electron chi connectivity index (χ4n) is 1.63. The Morgan fingerprint density at radius 1 is 1.39 bits per heavy atom. The Labute approximate surface area is 150 Å². The molecular formula is C14H12IN3O4S. The lowest BCUT2D eigenvalue weighted by atomic mass is 10.2. The Balaban J connectivity index is 2.13. The SMILES string of the molecule is COC(=O)/C=C1/S/C(=N\N=Cc2cccc(I)c2OC)NC1=O. The number of thioether (sulfide) groups is 1. The van der Waals surface area contributed by atoms with Gasteiger partial charge in [-0.15, -0.1) is 5.10 Å². The average Bonchev–Trinajstić information content (AvgIpc) is 2.87. The number of esters is 1. The number of halogens is 1. The second-order valence-corrected chi connectivity index (χ2v) is 6.29. The Kier molecular flexibility index (Phi) is 6.16. The minimum Gasteiger partial charge on any atom is -0.495 e. The van der Waals surface area contributed by atoms with Crippen molar-refractivity contribution in [3.8, 4) is 5.75 Å². The van der Waals surface area contributed by atoms with Crippen molar-refractivity contribution < 1.29 is 19.1 Å². The topological polar surface area (TPSA) is 89.3 Å². The van der Waals surface area contributed by atoms with Crippen molar-refractivity contribution in [3.63, 3.8) is 0 Å². The number of amidine groups is 1. The number of hydrogen-bond acceptors (Lipinski definition) is 7. The normalized spacial score (nSPS) is 17.8. The average molecular weight is 445 g/mol. The zero-order valence-electron chi connectivity index (χ0n) is 12.2. The molecular weight excluding hydrogens is 433 g/mol. The van der Waals surface area contributed by atoms with Crippen LogP contribution in [-0.2, 0) is 14.3 Å². The molecule has 1 fully saturated rings. The summed E-state index contributed by atoms with van der Waals surface area (Å²) in [7, 11) is 2.82. The van der Waals surface area contributed by atoms with Gasteiger partial charge in [-0.1, -0.05) is 6.07 Å². The fraction of sp³-hybridized carbons (Fsp3) is 0.143. The van der Waals surface area contributed by atoms with Crippen LogP contribution in [0.5, 0.6) is 5.75 Å². The van der Waals surface area contributed by atoms with E-state index in [0.717, 1.165) is 27.0 Å². The van der Waals surface area contributed by atoms with Crippen LogP contribution >= 0.6 is 34.4 Å². The van der Waals surface area contributed by atoms with E-state index in [0.29, 0.717) is 5.75 Å². The number of para-hydroxylation sites is 1. The van der Waals surface area contributed by atoms with Crippen molar-refractivity contribution in [3.05, 3.63) is 38.3 Å². The van der Waals surface area contributed by atoms with E-state index in [2.05, 4.69) is 42.8 Å². The summed E-state index contributed by atoms with van der Waals surface area (Å²) >= 11 is 3.17. The first-order valence-electron chi connectivity index (χ1n) is 6.27.